The van der Waals surface area contributed by atoms with E-state index < -0.39 is 24.2 Å². The van der Waals surface area contributed by atoms with Crippen molar-refractivity contribution in [3.05, 3.63) is 69.4 Å². The van der Waals surface area contributed by atoms with Gasteiger partial charge in [0.05, 0.1) is 18.4 Å². The maximum atomic E-state index is 13.5. The number of fused-ring (bicyclic) bond motifs is 1. The van der Waals surface area contributed by atoms with Gasteiger partial charge in [0.15, 0.2) is 0 Å². The topological polar surface area (TPSA) is 137 Å². The summed E-state index contributed by atoms with van der Waals surface area (Å²) in [6.07, 6.45) is -1.53. The SMILES string of the molecule is Cc1ncc2n1C(=O)N(C1CCN(C(=O)[C@@H](Cc3cccs3)NC(=O)Nc3ccc(Cl)cc3)CC1)C2.O=C(O)C(F)(F)F. The second-order valence-electron chi connectivity index (χ2n) is 9.84. The third-order valence-electron chi connectivity index (χ3n) is 6.93. The summed E-state index contributed by atoms with van der Waals surface area (Å²) in [4.78, 5) is 56.9. The van der Waals surface area contributed by atoms with E-state index >= 15 is 0 Å². The summed E-state index contributed by atoms with van der Waals surface area (Å²) < 4.78 is 33.4. The second-order valence-corrected chi connectivity index (χ2v) is 11.3. The van der Waals surface area contributed by atoms with Crippen LogP contribution in [-0.2, 0) is 22.6 Å². The van der Waals surface area contributed by atoms with Gasteiger partial charge in [-0.25, -0.2) is 19.4 Å². The van der Waals surface area contributed by atoms with E-state index in [0.717, 1.165) is 10.6 Å². The molecule has 1 saturated heterocycles. The number of benzene rings is 1. The maximum Gasteiger partial charge on any atom is 0.490 e. The predicted octanol–water partition coefficient (Wildman–Crippen LogP) is 4.75. The number of amides is 4. The highest BCUT2D eigenvalue weighted by Crippen LogP contribution is 2.26. The van der Waals surface area contributed by atoms with Gasteiger partial charge in [-0.3, -0.25) is 9.36 Å². The monoisotopic (exact) mass is 640 g/mol. The molecule has 0 aliphatic carbocycles. The first-order valence-electron chi connectivity index (χ1n) is 13.1. The molecule has 43 heavy (non-hydrogen) atoms. The fourth-order valence-corrected chi connectivity index (χ4v) is 5.70. The molecule has 2 aliphatic rings. The number of aromatic nitrogens is 2. The Morgan fingerprint density at radius 2 is 1.81 bits per heavy atom. The highest BCUT2D eigenvalue weighted by atomic mass is 35.5. The Kier molecular flexibility index (Phi) is 9.96. The number of carboxylic acids is 1. The number of imidazole rings is 1. The molecule has 0 bridgehead atoms. The number of urea groups is 1. The fraction of sp³-hybridized carbons (Fsp3) is 0.370. The van der Waals surface area contributed by atoms with Crippen molar-refractivity contribution in [2.75, 3.05) is 18.4 Å². The van der Waals surface area contributed by atoms with E-state index in [0.29, 0.717) is 55.4 Å². The number of piperidine rings is 1. The number of carboxylic acid groups (broad SMARTS) is 1. The molecule has 230 valence electrons. The molecular weight excluding hydrogens is 613 g/mol. The van der Waals surface area contributed by atoms with Gasteiger partial charge in [-0.2, -0.15) is 13.2 Å². The molecule has 4 heterocycles. The highest BCUT2D eigenvalue weighted by molar-refractivity contribution is 7.09. The molecule has 3 aromatic rings. The first-order valence-corrected chi connectivity index (χ1v) is 14.4. The lowest BCUT2D eigenvalue weighted by atomic mass is 10.0. The first-order chi connectivity index (χ1) is 20.3. The fourth-order valence-electron chi connectivity index (χ4n) is 4.83. The van der Waals surface area contributed by atoms with Crippen LogP contribution in [-0.4, -0.2) is 79.7 Å². The minimum atomic E-state index is -5.08. The lowest BCUT2D eigenvalue weighted by molar-refractivity contribution is -0.192. The van der Waals surface area contributed by atoms with Crippen molar-refractivity contribution in [2.45, 2.75) is 51.0 Å². The smallest absolute Gasteiger partial charge is 0.475 e. The van der Waals surface area contributed by atoms with E-state index in [9.17, 15) is 27.6 Å². The molecule has 0 saturated carbocycles. The minimum Gasteiger partial charge on any atom is -0.475 e. The molecular formula is C27H28ClF3N6O5S. The van der Waals surface area contributed by atoms with Crippen molar-refractivity contribution < 1.29 is 37.5 Å². The standard InChI is InChI=1S/C25H27ClN6O3S.C2HF3O2/c1-16-27-14-20-15-31(25(35)32(16)20)19-8-10-30(11-9-19)23(33)22(13-21-3-2-12-36-21)29-24(34)28-18-6-4-17(26)5-7-18;3-2(4,5)1(6)7/h2-7,12,14,19,22H,8-11,13,15H2,1H3,(H2,28,29,34);(H,6,7)/t22-;/m1./s1. The van der Waals surface area contributed by atoms with E-state index in [-0.39, 0.29) is 18.0 Å². The van der Waals surface area contributed by atoms with Crippen LogP contribution in [0.25, 0.3) is 0 Å². The number of nitrogens with one attached hydrogen (secondary N) is 2. The lowest BCUT2D eigenvalue weighted by Crippen LogP contribution is -2.54. The Hall–Kier alpha value is -4.11. The molecule has 3 N–H and O–H groups in total. The number of halogens is 4. The predicted molar refractivity (Wildman–Crippen MR) is 152 cm³/mol. The number of hydrogen-bond donors (Lipinski definition) is 3. The average molecular weight is 641 g/mol. The van der Waals surface area contributed by atoms with Crippen LogP contribution in [0, 0.1) is 6.92 Å². The first kappa shape index (κ1) is 31.8. The van der Waals surface area contributed by atoms with Crippen LogP contribution >= 0.6 is 22.9 Å². The largest absolute Gasteiger partial charge is 0.490 e. The van der Waals surface area contributed by atoms with Gasteiger partial charge in [-0.15, -0.1) is 11.3 Å². The van der Waals surface area contributed by atoms with Crippen LogP contribution in [0.15, 0.2) is 48.0 Å². The third-order valence-corrected chi connectivity index (χ3v) is 8.08. The number of alkyl halides is 3. The quantitative estimate of drug-likeness (QED) is 0.356. The zero-order valence-electron chi connectivity index (χ0n) is 22.8. The Bertz CT molecular complexity index is 1460. The Balaban J connectivity index is 0.000000541. The zero-order chi connectivity index (χ0) is 31.3. The Morgan fingerprint density at radius 1 is 1.16 bits per heavy atom. The van der Waals surface area contributed by atoms with Crippen LogP contribution in [0.4, 0.5) is 28.4 Å². The van der Waals surface area contributed by atoms with Gasteiger partial charge < -0.3 is 25.5 Å². The van der Waals surface area contributed by atoms with Gasteiger partial charge in [0.25, 0.3) is 0 Å². The van der Waals surface area contributed by atoms with Gasteiger partial charge in [0.2, 0.25) is 5.91 Å². The molecule has 4 amide bonds. The summed E-state index contributed by atoms with van der Waals surface area (Å²) in [6.45, 7) is 3.43. The lowest BCUT2D eigenvalue weighted by Gasteiger charge is -2.37. The molecule has 1 fully saturated rings. The van der Waals surface area contributed by atoms with Gasteiger partial charge in [-0.05, 0) is 55.5 Å². The Morgan fingerprint density at radius 3 is 2.37 bits per heavy atom. The number of likely N-dealkylation sites (tertiary alicyclic amines) is 1. The van der Waals surface area contributed by atoms with E-state index in [1.54, 1.807) is 51.3 Å². The normalized spacial score (nSPS) is 15.8. The van der Waals surface area contributed by atoms with Crippen LogP contribution < -0.4 is 10.6 Å². The number of aliphatic carboxylic acids is 1. The number of carbonyl (C=O) groups excluding carboxylic acids is 3. The number of rotatable bonds is 6. The van der Waals surface area contributed by atoms with E-state index in [2.05, 4.69) is 15.6 Å². The zero-order valence-corrected chi connectivity index (χ0v) is 24.4. The molecule has 11 nitrogen and oxygen atoms in total. The number of aryl methyl sites for hydroxylation is 1. The van der Waals surface area contributed by atoms with Gasteiger partial charge in [0.1, 0.15) is 11.9 Å². The number of anilines is 1. The van der Waals surface area contributed by atoms with Crippen LogP contribution in [0.3, 0.4) is 0 Å². The maximum absolute atomic E-state index is 13.5. The number of hydrogen-bond acceptors (Lipinski definition) is 6. The molecule has 0 radical (unpaired) electrons. The van der Waals surface area contributed by atoms with E-state index in [1.165, 1.54) is 0 Å². The number of thiophene rings is 1. The highest BCUT2D eigenvalue weighted by Gasteiger charge is 2.39. The summed E-state index contributed by atoms with van der Waals surface area (Å²) in [5.74, 6) is -2.18. The molecule has 1 aromatic carbocycles. The average Bonchev–Trinajstić information content (AvgIpc) is 3.68. The summed E-state index contributed by atoms with van der Waals surface area (Å²) in [5.41, 5.74) is 1.49. The molecule has 0 unspecified atom stereocenters. The van der Waals surface area contributed by atoms with Crippen LogP contribution in [0.2, 0.25) is 5.02 Å². The van der Waals surface area contributed by atoms with Crippen molar-refractivity contribution in [2.24, 2.45) is 0 Å². The summed E-state index contributed by atoms with van der Waals surface area (Å²) in [6, 6.07) is 9.56. The molecule has 5 rings (SSSR count). The molecule has 2 aromatic heterocycles. The third kappa shape index (κ3) is 8.04. The molecule has 2 aliphatic heterocycles. The molecule has 1 atom stereocenters. The Labute approximate surface area is 253 Å². The van der Waals surface area contributed by atoms with E-state index in [4.69, 9.17) is 21.5 Å². The van der Waals surface area contributed by atoms with Crippen molar-refractivity contribution >= 4 is 52.6 Å². The minimum absolute atomic E-state index is 0.0408. The van der Waals surface area contributed by atoms with Crippen molar-refractivity contribution in [1.82, 2.24) is 24.7 Å². The van der Waals surface area contributed by atoms with Gasteiger partial charge >= 0.3 is 24.2 Å². The van der Waals surface area contributed by atoms with Gasteiger partial charge in [-0.1, -0.05) is 17.7 Å². The summed E-state index contributed by atoms with van der Waals surface area (Å²) >= 11 is 7.47. The summed E-state index contributed by atoms with van der Waals surface area (Å²) in [5, 5.41) is 15.3. The summed E-state index contributed by atoms with van der Waals surface area (Å²) in [7, 11) is 0. The van der Waals surface area contributed by atoms with Crippen molar-refractivity contribution in [1.29, 1.82) is 0 Å². The second kappa shape index (κ2) is 13.5. The molecule has 0 spiro atoms. The van der Waals surface area contributed by atoms with Crippen LogP contribution in [0.1, 0.15) is 29.2 Å². The number of nitrogens with zero attached hydrogens (tertiary/aromatic N) is 4. The van der Waals surface area contributed by atoms with E-state index in [1.807, 2.05) is 29.3 Å². The van der Waals surface area contributed by atoms with Crippen LogP contribution in [0.5, 0.6) is 0 Å². The van der Waals surface area contributed by atoms with Crippen molar-refractivity contribution in [3.8, 4) is 0 Å². The molecule has 16 heteroatoms. The van der Waals surface area contributed by atoms with Crippen molar-refractivity contribution in [3.63, 3.8) is 0 Å². The number of carbonyl (C=O) groups is 4. The van der Waals surface area contributed by atoms with Gasteiger partial charge in [0, 0.05) is 41.1 Å².